The highest BCUT2D eigenvalue weighted by atomic mass is 32.2. The van der Waals surface area contributed by atoms with Crippen molar-refractivity contribution in [2.24, 2.45) is 0 Å². The molecule has 0 spiro atoms. The molecule has 0 radical (unpaired) electrons. The summed E-state index contributed by atoms with van der Waals surface area (Å²) in [5.41, 5.74) is -1.79. The highest BCUT2D eigenvalue weighted by Gasteiger charge is 2.57. The molecule has 0 saturated carbocycles. The van der Waals surface area contributed by atoms with Crippen LogP contribution in [-0.2, 0) is 19.2 Å². The molecule has 0 rings (SSSR count). The molecule has 18 heavy (non-hydrogen) atoms. The van der Waals surface area contributed by atoms with Crippen molar-refractivity contribution in [1.29, 1.82) is 0 Å². The molecule has 13 heteroatoms. The second-order valence-corrected chi connectivity index (χ2v) is 6.86. The van der Waals surface area contributed by atoms with Crippen molar-refractivity contribution in [3.8, 4) is 0 Å². The van der Waals surface area contributed by atoms with E-state index in [1.165, 1.54) is 0 Å². The molecule has 1 unspecified atom stereocenters. The Balaban J connectivity index is 4.41. The Morgan fingerprint density at radius 3 is 1.94 bits per heavy atom. The third-order valence-corrected chi connectivity index (χ3v) is 4.65. The minimum atomic E-state index is -5.85. The number of hydrogen-bond acceptors (Lipinski definition) is 4. The van der Waals surface area contributed by atoms with E-state index in [-0.39, 0.29) is 0 Å². The van der Waals surface area contributed by atoms with Gasteiger partial charge in [-0.05, 0) is 0 Å². The molecular weight excluding hydrogens is 314 g/mol. The summed E-state index contributed by atoms with van der Waals surface area (Å²) >= 11 is 0. The van der Waals surface area contributed by atoms with Gasteiger partial charge < -0.3 is 9.42 Å². The lowest BCUT2D eigenvalue weighted by Crippen LogP contribution is -2.37. The molecule has 6 nitrogen and oxygen atoms in total. The quantitative estimate of drug-likeness (QED) is 0.438. The minimum absolute atomic E-state index is 1.50. The standard InChI is InChI=1S/C5H8F5O6PS/c6-4(7,5(8,9)10)1-2-16-17(11,12)3-18(13,14)15/h1-3H2,(H,11,12)(H,13,14,15). The van der Waals surface area contributed by atoms with E-state index in [9.17, 15) is 34.9 Å². The molecule has 1 atom stereocenters. The smallest absolute Gasteiger partial charge is 0.324 e. The fourth-order valence-corrected chi connectivity index (χ4v) is 3.03. The second-order valence-electron chi connectivity index (χ2n) is 3.13. The number of rotatable bonds is 6. The molecule has 0 aromatic carbocycles. The molecule has 0 heterocycles. The third-order valence-electron chi connectivity index (χ3n) is 1.45. The average Bonchev–Trinajstić information content (AvgIpc) is 1.94. The highest BCUT2D eigenvalue weighted by Crippen LogP contribution is 2.45. The molecule has 0 bridgehead atoms. The van der Waals surface area contributed by atoms with Crippen molar-refractivity contribution >= 4 is 17.7 Å². The Bertz CT molecular complexity index is 430. The first kappa shape index (κ1) is 17.7. The normalized spacial score (nSPS) is 17.5. The van der Waals surface area contributed by atoms with Crippen LogP contribution in [0.3, 0.4) is 0 Å². The van der Waals surface area contributed by atoms with Gasteiger partial charge in [-0.25, -0.2) is 0 Å². The number of hydrogen-bond donors (Lipinski definition) is 2. The first-order valence-corrected chi connectivity index (χ1v) is 7.40. The Labute approximate surface area is 98.0 Å². The van der Waals surface area contributed by atoms with Gasteiger partial charge in [0.1, 0.15) is 0 Å². The van der Waals surface area contributed by atoms with Gasteiger partial charge in [0, 0.05) is 6.42 Å². The Hall–Kier alpha value is -0.290. The van der Waals surface area contributed by atoms with Crippen LogP contribution in [0.2, 0.25) is 0 Å². The van der Waals surface area contributed by atoms with Crippen molar-refractivity contribution in [3.63, 3.8) is 0 Å². The lowest BCUT2D eigenvalue weighted by molar-refractivity contribution is -0.285. The summed E-state index contributed by atoms with van der Waals surface area (Å²) in [6.45, 7) is -1.50. The van der Waals surface area contributed by atoms with E-state index in [4.69, 9.17) is 9.45 Å². The fraction of sp³-hybridized carbons (Fsp3) is 1.00. The highest BCUT2D eigenvalue weighted by molar-refractivity contribution is 7.92. The summed E-state index contributed by atoms with van der Waals surface area (Å²) in [5.74, 6) is -5.13. The van der Waals surface area contributed by atoms with Crippen molar-refractivity contribution in [2.45, 2.75) is 18.5 Å². The molecular formula is C5H8F5O6PS. The van der Waals surface area contributed by atoms with Gasteiger partial charge in [0.25, 0.3) is 10.1 Å². The van der Waals surface area contributed by atoms with Crippen LogP contribution in [0.1, 0.15) is 6.42 Å². The summed E-state index contributed by atoms with van der Waals surface area (Å²) in [5, 5.41) is 0. The Morgan fingerprint density at radius 2 is 1.61 bits per heavy atom. The predicted octanol–water partition coefficient (Wildman–Crippen LogP) is 1.62. The summed E-state index contributed by atoms with van der Waals surface area (Å²) in [6.07, 6.45) is -7.80. The van der Waals surface area contributed by atoms with E-state index in [1.54, 1.807) is 0 Å². The van der Waals surface area contributed by atoms with E-state index >= 15 is 0 Å². The van der Waals surface area contributed by atoms with Crippen molar-refractivity contribution < 1.29 is 48.9 Å². The van der Waals surface area contributed by atoms with Crippen LogP contribution in [-0.4, -0.2) is 42.1 Å². The second kappa shape index (κ2) is 5.37. The molecule has 0 aliphatic rings. The number of halogens is 5. The summed E-state index contributed by atoms with van der Waals surface area (Å²) in [4.78, 5) is 8.72. The van der Waals surface area contributed by atoms with E-state index < -0.39 is 48.3 Å². The fourth-order valence-electron chi connectivity index (χ4n) is 0.702. The molecule has 2 N–H and O–H groups in total. The maximum atomic E-state index is 12.3. The van der Waals surface area contributed by atoms with Gasteiger partial charge >= 0.3 is 19.7 Å². The molecule has 0 aromatic rings. The molecule has 0 aliphatic heterocycles. The number of alkyl halides is 5. The van der Waals surface area contributed by atoms with Crippen LogP contribution >= 0.6 is 7.60 Å². The van der Waals surface area contributed by atoms with Crippen molar-refractivity contribution in [2.75, 3.05) is 12.1 Å². The molecule has 0 amide bonds. The monoisotopic (exact) mass is 322 g/mol. The molecule has 0 aromatic heterocycles. The van der Waals surface area contributed by atoms with Gasteiger partial charge in [0.2, 0.25) is 0 Å². The maximum absolute atomic E-state index is 12.3. The zero-order valence-electron chi connectivity index (χ0n) is 8.39. The van der Waals surface area contributed by atoms with Gasteiger partial charge in [-0.3, -0.25) is 9.12 Å². The minimum Gasteiger partial charge on any atom is -0.324 e. The predicted molar refractivity (Wildman–Crippen MR) is 47.8 cm³/mol. The van der Waals surface area contributed by atoms with Gasteiger partial charge in [-0.1, -0.05) is 0 Å². The van der Waals surface area contributed by atoms with Crippen molar-refractivity contribution in [1.82, 2.24) is 0 Å². The van der Waals surface area contributed by atoms with Gasteiger partial charge in [0.05, 0.1) is 6.61 Å². The molecule has 0 fully saturated rings. The van der Waals surface area contributed by atoms with Crippen LogP contribution in [0.5, 0.6) is 0 Å². The largest absolute Gasteiger partial charge is 0.453 e. The van der Waals surface area contributed by atoms with Crippen LogP contribution in [0.15, 0.2) is 0 Å². The zero-order valence-corrected chi connectivity index (χ0v) is 10.1. The zero-order chi connectivity index (χ0) is 14.8. The van der Waals surface area contributed by atoms with E-state index in [0.717, 1.165) is 0 Å². The Morgan fingerprint density at radius 1 is 1.17 bits per heavy atom. The molecule has 110 valence electrons. The van der Waals surface area contributed by atoms with E-state index in [1.807, 2.05) is 0 Å². The SMILES string of the molecule is O=P(O)(CS(=O)(=O)O)OCCC(F)(F)C(F)(F)F. The van der Waals surface area contributed by atoms with Crippen LogP contribution in [0.4, 0.5) is 22.0 Å². The van der Waals surface area contributed by atoms with Gasteiger partial charge in [-0.15, -0.1) is 0 Å². The summed E-state index contributed by atoms with van der Waals surface area (Å²) in [6, 6.07) is 0. The maximum Gasteiger partial charge on any atom is 0.453 e. The van der Waals surface area contributed by atoms with Crippen LogP contribution in [0, 0.1) is 0 Å². The molecule has 0 saturated heterocycles. The van der Waals surface area contributed by atoms with Gasteiger partial charge in [-0.2, -0.15) is 30.4 Å². The van der Waals surface area contributed by atoms with E-state index in [0.29, 0.717) is 0 Å². The first-order chi connectivity index (χ1) is 7.66. The lowest BCUT2D eigenvalue weighted by atomic mass is 10.2. The lowest BCUT2D eigenvalue weighted by Gasteiger charge is -2.19. The topological polar surface area (TPSA) is 101 Å². The van der Waals surface area contributed by atoms with Crippen LogP contribution in [0.25, 0.3) is 0 Å². The van der Waals surface area contributed by atoms with E-state index in [2.05, 4.69) is 4.52 Å². The Kier molecular flexibility index (Phi) is 5.28. The summed E-state index contributed by atoms with van der Waals surface area (Å²) in [7, 11) is -9.91. The summed E-state index contributed by atoms with van der Waals surface area (Å²) < 4.78 is 103. The first-order valence-electron chi connectivity index (χ1n) is 4.02. The van der Waals surface area contributed by atoms with Crippen LogP contribution < -0.4 is 0 Å². The van der Waals surface area contributed by atoms with Gasteiger partial charge in [0.15, 0.2) is 5.49 Å². The molecule has 0 aliphatic carbocycles. The van der Waals surface area contributed by atoms with Crippen molar-refractivity contribution in [3.05, 3.63) is 0 Å². The third kappa shape index (κ3) is 6.59. The average molecular weight is 322 g/mol.